The van der Waals surface area contributed by atoms with Crippen molar-refractivity contribution in [2.75, 3.05) is 0 Å². The van der Waals surface area contributed by atoms with Gasteiger partial charge in [-0.05, 0) is 35.5 Å². The van der Waals surface area contributed by atoms with E-state index >= 15 is 0 Å². The zero-order valence-corrected chi connectivity index (χ0v) is 16.2. The van der Waals surface area contributed by atoms with Crippen molar-refractivity contribution in [1.82, 2.24) is 19.7 Å². The maximum atomic E-state index is 12.2. The third-order valence-corrected chi connectivity index (χ3v) is 4.74. The largest absolute Gasteiger partial charge is 0.472 e. The summed E-state index contributed by atoms with van der Waals surface area (Å²) in [4.78, 5) is 12.2. The van der Waals surface area contributed by atoms with E-state index in [1.54, 1.807) is 47.3 Å². The molecule has 0 bridgehead atoms. The van der Waals surface area contributed by atoms with Crippen LogP contribution in [0.5, 0.6) is 5.88 Å². The molecule has 2 heterocycles. The SMILES string of the molecule is Cn1onc(-c2cccc(Cl)c2COc2ccn(-c3ccc(Cl)cc3)n2)c1=O. The van der Waals surface area contributed by atoms with E-state index < -0.39 is 0 Å². The predicted octanol–water partition coefficient (Wildman–Crippen LogP) is 4.11. The van der Waals surface area contributed by atoms with Crippen LogP contribution in [0.25, 0.3) is 16.9 Å². The minimum absolute atomic E-state index is 0.114. The molecule has 0 N–H and O–H groups in total. The van der Waals surface area contributed by atoms with Gasteiger partial charge in [-0.2, -0.15) is 0 Å². The van der Waals surface area contributed by atoms with Gasteiger partial charge in [-0.15, -0.1) is 9.84 Å². The zero-order chi connectivity index (χ0) is 19.7. The van der Waals surface area contributed by atoms with Crippen LogP contribution < -0.4 is 10.3 Å². The smallest absolute Gasteiger partial charge is 0.310 e. The number of nitrogens with zero attached hydrogens (tertiary/aromatic N) is 4. The van der Waals surface area contributed by atoms with Crippen LogP contribution in [-0.2, 0) is 13.7 Å². The highest BCUT2D eigenvalue weighted by molar-refractivity contribution is 6.31. The Kier molecular flexibility index (Phi) is 4.93. The fourth-order valence-corrected chi connectivity index (χ4v) is 3.04. The lowest BCUT2D eigenvalue weighted by Gasteiger charge is -2.09. The van der Waals surface area contributed by atoms with Crippen LogP contribution in [0, 0.1) is 0 Å². The van der Waals surface area contributed by atoms with Crippen molar-refractivity contribution in [2.45, 2.75) is 6.61 Å². The van der Waals surface area contributed by atoms with E-state index in [1.165, 1.54) is 7.05 Å². The van der Waals surface area contributed by atoms with Gasteiger partial charge in [-0.3, -0.25) is 9.42 Å². The molecule has 0 fully saturated rings. The van der Waals surface area contributed by atoms with Gasteiger partial charge in [0.25, 0.3) is 0 Å². The van der Waals surface area contributed by atoms with Crippen LogP contribution in [-0.4, -0.2) is 19.7 Å². The Bertz CT molecular complexity index is 1180. The van der Waals surface area contributed by atoms with Crippen molar-refractivity contribution in [3.8, 4) is 22.8 Å². The van der Waals surface area contributed by atoms with Crippen LogP contribution in [0.4, 0.5) is 0 Å². The molecule has 0 atom stereocenters. The van der Waals surface area contributed by atoms with Gasteiger partial charge in [0.1, 0.15) is 6.61 Å². The average molecular weight is 417 g/mol. The molecule has 4 rings (SSSR count). The predicted molar refractivity (Wildman–Crippen MR) is 105 cm³/mol. The zero-order valence-electron chi connectivity index (χ0n) is 14.7. The first-order chi connectivity index (χ1) is 13.5. The Hall–Kier alpha value is -3.03. The van der Waals surface area contributed by atoms with Gasteiger partial charge in [0, 0.05) is 33.4 Å². The highest BCUT2D eigenvalue weighted by atomic mass is 35.5. The lowest BCUT2D eigenvalue weighted by atomic mass is 10.1. The van der Waals surface area contributed by atoms with E-state index in [2.05, 4.69) is 10.3 Å². The van der Waals surface area contributed by atoms with Crippen LogP contribution in [0.3, 0.4) is 0 Å². The third kappa shape index (κ3) is 3.54. The summed E-state index contributed by atoms with van der Waals surface area (Å²) in [7, 11) is 1.49. The van der Waals surface area contributed by atoms with Crippen molar-refractivity contribution in [3.05, 3.63) is 80.7 Å². The summed E-state index contributed by atoms with van der Waals surface area (Å²) in [6, 6.07) is 14.2. The standard InChI is InChI=1S/C19H14Cl2N4O3/c1-24-19(26)18(23-28-24)14-3-2-4-16(21)15(14)11-27-17-9-10-25(22-17)13-7-5-12(20)6-8-13/h2-10H,11H2,1H3. The van der Waals surface area contributed by atoms with Crippen molar-refractivity contribution in [2.24, 2.45) is 7.05 Å². The van der Waals surface area contributed by atoms with Crippen LogP contribution in [0.1, 0.15) is 5.56 Å². The Morgan fingerprint density at radius 3 is 2.61 bits per heavy atom. The number of hydrogen-bond donors (Lipinski definition) is 0. The Morgan fingerprint density at radius 2 is 1.89 bits per heavy atom. The number of rotatable bonds is 5. The molecule has 0 spiro atoms. The molecule has 0 saturated heterocycles. The fraction of sp³-hybridized carbons (Fsp3) is 0.105. The van der Waals surface area contributed by atoms with Gasteiger partial charge >= 0.3 is 5.56 Å². The molecule has 0 aliphatic carbocycles. The fourth-order valence-electron chi connectivity index (χ4n) is 2.69. The summed E-state index contributed by atoms with van der Waals surface area (Å²) in [6.45, 7) is 0.114. The lowest BCUT2D eigenvalue weighted by Crippen LogP contribution is -2.12. The van der Waals surface area contributed by atoms with E-state index in [9.17, 15) is 4.79 Å². The number of halogens is 2. The molecule has 0 radical (unpaired) electrons. The second kappa shape index (κ2) is 7.53. The maximum absolute atomic E-state index is 12.2. The van der Waals surface area contributed by atoms with Crippen LogP contribution >= 0.6 is 23.2 Å². The quantitative estimate of drug-likeness (QED) is 0.489. The van der Waals surface area contributed by atoms with E-state index in [-0.39, 0.29) is 17.9 Å². The van der Waals surface area contributed by atoms with Crippen LogP contribution in [0.2, 0.25) is 10.0 Å². The van der Waals surface area contributed by atoms with Gasteiger partial charge in [-0.1, -0.05) is 35.3 Å². The number of benzene rings is 2. The molecule has 28 heavy (non-hydrogen) atoms. The molecule has 0 aliphatic heterocycles. The van der Waals surface area contributed by atoms with E-state index in [1.807, 2.05) is 12.1 Å². The Morgan fingerprint density at radius 1 is 1.11 bits per heavy atom. The molecule has 0 unspecified atom stereocenters. The average Bonchev–Trinajstić information content (AvgIpc) is 3.29. The summed E-state index contributed by atoms with van der Waals surface area (Å²) in [5.41, 5.74) is 1.85. The molecule has 7 nitrogen and oxygen atoms in total. The number of aryl methyl sites for hydroxylation is 1. The molecular formula is C19H14Cl2N4O3. The van der Waals surface area contributed by atoms with Crippen molar-refractivity contribution < 1.29 is 9.37 Å². The molecule has 2 aromatic heterocycles. The Labute approximate surface area is 169 Å². The minimum atomic E-state index is -0.351. The first-order valence-corrected chi connectivity index (χ1v) is 9.04. The molecule has 0 saturated carbocycles. The van der Waals surface area contributed by atoms with Crippen molar-refractivity contribution >= 4 is 23.2 Å². The topological polar surface area (TPSA) is 75.1 Å². The monoisotopic (exact) mass is 416 g/mol. The first-order valence-electron chi connectivity index (χ1n) is 8.28. The van der Waals surface area contributed by atoms with E-state index in [0.717, 1.165) is 10.4 Å². The molecule has 4 aromatic rings. The summed E-state index contributed by atoms with van der Waals surface area (Å²) in [6.07, 6.45) is 1.78. The highest BCUT2D eigenvalue weighted by Crippen LogP contribution is 2.28. The van der Waals surface area contributed by atoms with Gasteiger partial charge in [-0.25, -0.2) is 4.68 Å². The van der Waals surface area contributed by atoms with Gasteiger partial charge in [0.2, 0.25) is 5.88 Å². The van der Waals surface area contributed by atoms with Gasteiger partial charge < -0.3 is 4.74 Å². The number of hydrogen-bond acceptors (Lipinski definition) is 5. The van der Waals surface area contributed by atoms with E-state index in [4.69, 9.17) is 32.6 Å². The molecule has 9 heteroatoms. The first kappa shape index (κ1) is 18.3. The molecule has 0 amide bonds. The maximum Gasteiger partial charge on any atom is 0.310 e. The summed E-state index contributed by atoms with van der Waals surface area (Å²) in [5.74, 6) is 0.411. The molecule has 0 aliphatic rings. The second-order valence-electron chi connectivity index (χ2n) is 5.95. The number of aromatic nitrogens is 4. The summed E-state index contributed by atoms with van der Waals surface area (Å²) in [5, 5.41) is 9.32. The summed E-state index contributed by atoms with van der Waals surface area (Å²) >= 11 is 12.2. The number of ether oxygens (including phenoxy) is 1. The van der Waals surface area contributed by atoms with Gasteiger partial charge in [0.05, 0.1) is 12.7 Å². The normalized spacial score (nSPS) is 11.0. The highest BCUT2D eigenvalue weighted by Gasteiger charge is 2.17. The van der Waals surface area contributed by atoms with Crippen molar-refractivity contribution in [3.63, 3.8) is 0 Å². The molecular weight excluding hydrogens is 403 g/mol. The minimum Gasteiger partial charge on any atom is -0.472 e. The second-order valence-corrected chi connectivity index (χ2v) is 6.80. The lowest BCUT2D eigenvalue weighted by molar-refractivity contribution is 0.216. The van der Waals surface area contributed by atoms with Gasteiger partial charge in [0.15, 0.2) is 5.69 Å². The van der Waals surface area contributed by atoms with Crippen LogP contribution in [0.15, 0.2) is 64.2 Å². The van der Waals surface area contributed by atoms with E-state index in [0.29, 0.717) is 27.1 Å². The van der Waals surface area contributed by atoms with Crippen molar-refractivity contribution in [1.29, 1.82) is 0 Å². The molecule has 142 valence electrons. The molecule has 2 aromatic carbocycles. The summed E-state index contributed by atoms with van der Waals surface area (Å²) < 4.78 is 13.4. The third-order valence-electron chi connectivity index (χ3n) is 4.14. The Balaban J connectivity index is 1.58.